The maximum absolute atomic E-state index is 13.1. The van der Waals surface area contributed by atoms with E-state index in [4.69, 9.17) is 5.73 Å². The van der Waals surface area contributed by atoms with Crippen LogP contribution < -0.4 is 10.0 Å². The first kappa shape index (κ1) is 13.8. The lowest BCUT2D eigenvalue weighted by Crippen LogP contribution is -2.30. The molecule has 2 aromatic rings. The summed E-state index contributed by atoms with van der Waals surface area (Å²) in [7, 11) is -3.62. The number of benzene rings is 1. The van der Waals surface area contributed by atoms with E-state index in [1.807, 2.05) is 0 Å². The highest BCUT2D eigenvalue weighted by molar-refractivity contribution is 7.94. The van der Waals surface area contributed by atoms with Crippen LogP contribution in [-0.4, -0.2) is 15.0 Å². The van der Waals surface area contributed by atoms with Gasteiger partial charge in [0, 0.05) is 6.54 Å². The number of rotatable bonds is 4. The number of nitrogens with two attached hydrogens (primary N) is 1. The number of hydrogen-bond donors (Lipinski definition) is 1. The second-order valence-electron chi connectivity index (χ2n) is 3.81. The molecule has 0 aliphatic carbocycles. The van der Waals surface area contributed by atoms with Crippen LogP contribution in [0.15, 0.2) is 39.9 Å². The van der Waals surface area contributed by atoms with Gasteiger partial charge in [-0.3, -0.25) is 4.31 Å². The number of nitrogens with zero attached hydrogens (tertiary/aromatic N) is 1. The summed E-state index contributed by atoms with van der Waals surface area (Å²) in [6, 6.07) is 7.10. The average Bonchev–Trinajstić information content (AvgIpc) is 2.88. The number of halogens is 1. The van der Waals surface area contributed by atoms with Crippen molar-refractivity contribution >= 4 is 32.7 Å². The molecule has 0 aliphatic heterocycles. The zero-order valence-electron chi connectivity index (χ0n) is 10.2. The van der Waals surface area contributed by atoms with Gasteiger partial charge in [0.25, 0.3) is 10.0 Å². The second-order valence-corrected chi connectivity index (χ2v) is 6.84. The molecule has 0 fully saturated rings. The quantitative estimate of drug-likeness (QED) is 0.883. The SMILES string of the molecule is CCN(c1ccc(F)c(N)c1)S(=O)(=O)c1cccs1. The molecule has 7 heteroatoms. The van der Waals surface area contributed by atoms with Crippen molar-refractivity contribution in [3.05, 3.63) is 41.5 Å². The molecular formula is C12H13FN2O2S2. The summed E-state index contributed by atoms with van der Waals surface area (Å²) in [6.07, 6.45) is 0. The molecular weight excluding hydrogens is 287 g/mol. The highest BCUT2D eigenvalue weighted by Gasteiger charge is 2.24. The van der Waals surface area contributed by atoms with Gasteiger partial charge < -0.3 is 5.73 Å². The van der Waals surface area contributed by atoms with E-state index in [-0.39, 0.29) is 16.4 Å². The van der Waals surface area contributed by atoms with Crippen molar-refractivity contribution in [2.75, 3.05) is 16.6 Å². The molecule has 2 N–H and O–H groups in total. The van der Waals surface area contributed by atoms with Crippen LogP contribution in [0.2, 0.25) is 0 Å². The van der Waals surface area contributed by atoms with Gasteiger partial charge in [0.1, 0.15) is 10.0 Å². The van der Waals surface area contributed by atoms with Crippen LogP contribution in [0, 0.1) is 5.82 Å². The molecule has 4 nitrogen and oxygen atoms in total. The standard InChI is InChI=1S/C12H13FN2O2S2/c1-2-15(9-5-6-10(13)11(14)8-9)19(16,17)12-4-3-7-18-12/h3-8H,2,14H2,1H3. The molecule has 0 unspecified atom stereocenters. The molecule has 0 bridgehead atoms. The van der Waals surface area contributed by atoms with E-state index in [0.29, 0.717) is 5.69 Å². The number of sulfonamides is 1. The third kappa shape index (κ3) is 2.57. The Balaban J connectivity index is 2.48. The van der Waals surface area contributed by atoms with Crippen LogP contribution in [-0.2, 0) is 10.0 Å². The molecule has 0 amide bonds. The van der Waals surface area contributed by atoms with Crippen LogP contribution >= 0.6 is 11.3 Å². The third-order valence-corrected chi connectivity index (χ3v) is 5.87. The first-order valence-corrected chi connectivity index (χ1v) is 7.90. The predicted molar refractivity (Wildman–Crippen MR) is 75.3 cm³/mol. The maximum Gasteiger partial charge on any atom is 0.273 e. The van der Waals surface area contributed by atoms with Crippen LogP contribution in [0.1, 0.15) is 6.92 Å². The minimum absolute atomic E-state index is 0.0719. The maximum atomic E-state index is 13.1. The number of nitrogen functional groups attached to an aromatic ring is 1. The zero-order chi connectivity index (χ0) is 14.0. The van der Waals surface area contributed by atoms with E-state index in [1.165, 1.54) is 22.5 Å². The normalized spacial score (nSPS) is 11.5. The van der Waals surface area contributed by atoms with Crippen molar-refractivity contribution in [2.24, 2.45) is 0 Å². The minimum atomic E-state index is -3.62. The summed E-state index contributed by atoms with van der Waals surface area (Å²) in [5.74, 6) is -0.562. The summed E-state index contributed by atoms with van der Waals surface area (Å²) in [5, 5.41) is 1.69. The summed E-state index contributed by atoms with van der Waals surface area (Å²) < 4.78 is 39.4. The molecule has 1 heterocycles. The van der Waals surface area contributed by atoms with Crippen molar-refractivity contribution < 1.29 is 12.8 Å². The first-order chi connectivity index (χ1) is 8.96. The topological polar surface area (TPSA) is 63.4 Å². The lowest BCUT2D eigenvalue weighted by atomic mass is 10.2. The van der Waals surface area contributed by atoms with E-state index in [1.54, 1.807) is 18.4 Å². The van der Waals surface area contributed by atoms with Crippen molar-refractivity contribution in [1.82, 2.24) is 0 Å². The second kappa shape index (κ2) is 5.18. The van der Waals surface area contributed by atoms with Crippen molar-refractivity contribution in [3.8, 4) is 0 Å². The summed E-state index contributed by atoms with van der Waals surface area (Å²) in [5.41, 5.74) is 5.77. The van der Waals surface area contributed by atoms with Gasteiger partial charge in [-0.1, -0.05) is 6.07 Å². The molecule has 1 aromatic heterocycles. The Bertz CT molecular complexity index is 669. The van der Waals surface area contributed by atoms with Gasteiger partial charge in [0.2, 0.25) is 0 Å². The largest absolute Gasteiger partial charge is 0.396 e. The fourth-order valence-electron chi connectivity index (χ4n) is 1.70. The smallest absolute Gasteiger partial charge is 0.273 e. The summed E-state index contributed by atoms with van der Waals surface area (Å²) in [6.45, 7) is 1.95. The van der Waals surface area contributed by atoms with Crippen LogP contribution in [0.3, 0.4) is 0 Å². The number of hydrogen-bond acceptors (Lipinski definition) is 4. The van der Waals surface area contributed by atoms with Crippen molar-refractivity contribution in [2.45, 2.75) is 11.1 Å². The lowest BCUT2D eigenvalue weighted by molar-refractivity contribution is 0.593. The van der Waals surface area contributed by atoms with E-state index in [2.05, 4.69) is 0 Å². The number of anilines is 2. The molecule has 1 aromatic carbocycles. The molecule has 102 valence electrons. The van der Waals surface area contributed by atoms with Gasteiger partial charge in [0.15, 0.2) is 0 Å². The molecule has 0 radical (unpaired) electrons. The Morgan fingerprint density at radius 3 is 2.63 bits per heavy atom. The highest BCUT2D eigenvalue weighted by Crippen LogP contribution is 2.28. The van der Waals surface area contributed by atoms with Gasteiger partial charge in [-0.05, 0) is 36.6 Å². The fraction of sp³-hybridized carbons (Fsp3) is 0.167. The predicted octanol–water partition coefficient (Wildman–Crippen LogP) is 2.68. The zero-order valence-corrected chi connectivity index (χ0v) is 11.8. The summed E-state index contributed by atoms with van der Waals surface area (Å²) in [4.78, 5) is 0. The Hall–Kier alpha value is -1.60. The minimum Gasteiger partial charge on any atom is -0.396 e. The van der Waals surface area contributed by atoms with Gasteiger partial charge in [-0.25, -0.2) is 12.8 Å². The molecule has 0 spiro atoms. The van der Waals surface area contributed by atoms with Gasteiger partial charge in [-0.2, -0.15) is 0 Å². The van der Waals surface area contributed by atoms with Crippen molar-refractivity contribution in [1.29, 1.82) is 0 Å². The molecule has 0 atom stereocenters. The van der Waals surface area contributed by atoms with Crippen LogP contribution in [0.5, 0.6) is 0 Å². The highest BCUT2D eigenvalue weighted by atomic mass is 32.2. The molecule has 19 heavy (non-hydrogen) atoms. The Morgan fingerprint density at radius 2 is 2.11 bits per heavy atom. The average molecular weight is 300 g/mol. The lowest BCUT2D eigenvalue weighted by Gasteiger charge is -2.22. The van der Waals surface area contributed by atoms with E-state index in [9.17, 15) is 12.8 Å². The van der Waals surface area contributed by atoms with Gasteiger partial charge in [-0.15, -0.1) is 11.3 Å². The molecule has 0 saturated carbocycles. The van der Waals surface area contributed by atoms with Crippen LogP contribution in [0.4, 0.5) is 15.8 Å². The molecule has 0 saturated heterocycles. The van der Waals surface area contributed by atoms with E-state index < -0.39 is 15.8 Å². The third-order valence-electron chi connectivity index (χ3n) is 2.59. The molecule has 2 rings (SSSR count). The van der Waals surface area contributed by atoms with E-state index >= 15 is 0 Å². The summed E-state index contributed by atoms with van der Waals surface area (Å²) >= 11 is 1.14. The number of thiophene rings is 1. The van der Waals surface area contributed by atoms with Crippen LogP contribution in [0.25, 0.3) is 0 Å². The first-order valence-electron chi connectivity index (χ1n) is 5.58. The van der Waals surface area contributed by atoms with Crippen molar-refractivity contribution in [3.63, 3.8) is 0 Å². The monoisotopic (exact) mass is 300 g/mol. The van der Waals surface area contributed by atoms with Gasteiger partial charge in [0.05, 0.1) is 11.4 Å². The Labute approximate surface area is 115 Å². The van der Waals surface area contributed by atoms with Gasteiger partial charge >= 0.3 is 0 Å². The molecule has 0 aliphatic rings. The Morgan fingerprint density at radius 1 is 1.37 bits per heavy atom. The Kier molecular flexibility index (Phi) is 3.77. The fourth-order valence-corrected chi connectivity index (χ4v) is 4.27. The van der Waals surface area contributed by atoms with E-state index in [0.717, 1.165) is 17.4 Å².